The van der Waals surface area contributed by atoms with Crippen LogP contribution in [0.15, 0.2) is 23.2 Å². The van der Waals surface area contributed by atoms with Crippen LogP contribution in [-0.4, -0.2) is 44.7 Å². The Morgan fingerprint density at radius 3 is 2.64 bits per heavy atom. The van der Waals surface area contributed by atoms with Gasteiger partial charge in [0, 0.05) is 37.8 Å². The number of ether oxygens (including phenoxy) is 2. The molecule has 2 atom stereocenters. The van der Waals surface area contributed by atoms with Gasteiger partial charge in [-0.05, 0) is 31.4 Å². The van der Waals surface area contributed by atoms with Crippen LogP contribution >= 0.6 is 0 Å². The highest BCUT2D eigenvalue weighted by atomic mass is 16.5. The van der Waals surface area contributed by atoms with Crippen LogP contribution in [0, 0.1) is 5.92 Å². The Morgan fingerprint density at radius 2 is 2.09 bits per heavy atom. The number of aliphatic imine (C=N–C) groups is 1. The molecule has 0 heterocycles. The molecule has 0 spiro atoms. The van der Waals surface area contributed by atoms with Gasteiger partial charge in [-0.2, -0.15) is 0 Å². The van der Waals surface area contributed by atoms with Crippen molar-refractivity contribution >= 4 is 5.96 Å². The summed E-state index contributed by atoms with van der Waals surface area (Å²) in [4.78, 5) is 6.73. The van der Waals surface area contributed by atoms with Gasteiger partial charge in [-0.3, -0.25) is 4.99 Å². The quantitative estimate of drug-likeness (QED) is 0.648. The average molecular weight is 305 g/mol. The zero-order valence-corrected chi connectivity index (χ0v) is 14.2. The standard InChI is InChI=1S/C17H27N3O2/c1-6-18-17(19-15-9-12(15)2)20(3)11-13-7-8-14(21-4)10-16(13)22-5/h7-8,10,12,15H,6,9,11H2,1-5H3,(H,18,19). The molecule has 22 heavy (non-hydrogen) atoms. The van der Waals surface area contributed by atoms with E-state index >= 15 is 0 Å². The summed E-state index contributed by atoms with van der Waals surface area (Å²) in [5, 5.41) is 3.53. The predicted molar refractivity (Wildman–Crippen MR) is 89.7 cm³/mol. The van der Waals surface area contributed by atoms with Gasteiger partial charge in [-0.1, -0.05) is 6.92 Å². The van der Waals surface area contributed by atoms with Gasteiger partial charge in [0.1, 0.15) is 11.5 Å². The van der Waals surface area contributed by atoms with Crippen LogP contribution in [0.5, 0.6) is 11.5 Å². The van der Waals surface area contributed by atoms with Crippen LogP contribution in [0.25, 0.3) is 0 Å². The van der Waals surface area contributed by atoms with Gasteiger partial charge in [0.25, 0.3) is 0 Å². The number of rotatable bonds is 6. The summed E-state index contributed by atoms with van der Waals surface area (Å²) in [5.74, 6) is 3.33. The lowest BCUT2D eigenvalue weighted by molar-refractivity contribution is 0.382. The second-order valence-corrected chi connectivity index (χ2v) is 5.80. The van der Waals surface area contributed by atoms with Crippen molar-refractivity contribution in [3.05, 3.63) is 23.8 Å². The summed E-state index contributed by atoms with van der Waals surface area (Å²) in [6.07, 6.45) is 1.22. The van der Waals surface area contributed by atoms with E-state index < -0.39 is 0 Å². The average Bonchev–Trinajstić information content (AvgIpc) is 3.22. The van der Waals surface area contributed by atoms with Gasteiger partial charge in [0.15, 0.2) is 5.96 Å². The van der Waals surface area contributed by atoms with E-state index in [2.05, 4.69) is 36.1 Å². The first-order valence-corrected chi connectivity index (χ1v) is 7.82. The normalized spacial score (nSPS) is 20.5. The van der Waals surface area contributed by atoms with Crippen molar-refractivity contribution in [1.82, 2.24) is 10.2 Å². The molecule has 0 aliphatic heterocycles. The van der Waals surface area contributed by atoms with Crippen LogP contribution in [0.1, 0.15) is 25.8 Å². The minimum Gasteiger partial charge on any atom is -0.497 e. The number of guanidine groups is 1. The molecule has 0 saturated heterocycles. The van der Waals surface area contributed by atoms with E-state index in [1.807, 2.05) is 18.2 Å². The molecule has 0 aromatic heterocycles. The molecule has 1 aromatic carbocycles. The highest BCUT2D eigenvalue weighted by Crippen LogP contribution is 2.29. The van der Waals surface area contributed by atoms with Gasteiger partial charge >= 0.3 is 0 Å². The Kier molecular flexibility index (Phi) is 5.52. The van der Waals surface area contributed by atoms with Crippen molar-refractivity contribution < 1.29 is 9.47 Å². The molecular weight excluding hydrogens is 278 g/mol. The van der Waals surface area contributed by atoms with Crippen molar-refractivity contribution in [1.29, 1.82) is 0 Å². The zero-order chi connectivity index (χ0) is 16.1. The highest BCUT2D eigenvalue weighted by molar-refractivity contribution is 5.80. The minimum atomic E-state index is 0.561. The lowest BCUT2D eigenvalue weighted by Gasteiger charge is -2.23. The first-order chi connectivity index (χ1) is 10.6. The third kappa shape index (κ3) is 4.06. The van der Waals surface area contributed by atoms with Gasteiger partial charge in [0.05, 0.1) is 14.2 Å². The van der Waals surface area contributed by atoms with E-state index in [-0.39, 0.29) is 0 Å². The Bertz CT molecular complexity index is 531. The lowest BCUT2D eigenvalue weighted by atomic mass is 10.2. The van der Waals surface area contributed by atoms with Gasteiger partial charge in [0.2, 0.25) is 0 Å². The molecule has 1 fully saturated rings. The SMILES string of the molecule is CCN=C(NC1CC1C)N(C)Cc1ccc(OC)cc1OC. The van der Waals surface area contributed by atoms with Gasteiger partial charge < -0.3 is 19.7 Å². The largest absolute Gasteiger partial charge is 0.497 e. The van der Waals surface area contributed by atoms with Crippen molar-refractivity contribution in [3.63, 3.8) is 0 Å². The fourth-order valence-electron chi connectivity index (χ4n) is 2.43. The monoisotopic (exact) mass is 305 g/mol. The number of methoxy groups -OCH3 is 2. The van der Waals surface area contributed by atoms with Gasteiger partial charge in [-0.25, -0.2) is 0 Å². The predicted octanol–water partition coefficient (Wildman–Crippen LogP) is 2.51. The number of hydrogen-bond acceptors (Lipinski definition) is 3. The Morgan fingerprint density at radius 1 is 1.36 bits per heavy atom. The van der Waals surface area contributed by atoms with Crippen molar-refractivity contribution in [3.8, 4) is 11.5 Å². The van der Waals surface area contributed by atoms with Crippen molar-refractivity contribution in [2.45, 2.75) is 32.9 Å². The van der Waals surface area contributed by atoms with Crippen LogP contribution in [-0.2, 0) is 6.54 Å². The Balaban J connectivity index is 2.08. The third-order valence-corrected chi connectivity index (χ3v) is 4.00. The molecule has 1 aliphatic rings. The molecule has 1 aliphatic carbocycles. The topological polar surface area (TPSA) is 46.1 Å². The van der Waals surface area contributed by atoms with Crippen LogP contribution < -0.4 is 14.8 Å². The number of benzene rings is 1. The van der Waals surface area contributed by atoms with Gasteiger partial charge in [-0.15, -0.1) is 0 Å². The maximum absolute atomic E-state index is 5.47. The van der Waals surface area contributed by atoms with Crippen LogP contribution in [0.3, 0.4) is 0 Å². The molecule has 0 radical (unpaired) electrons. The summed E-state index contributed by atoms with van der Waals surface area (Å²) in [5.41, 5.74) is 1.11. The molecule has 1 N–H and O–H groups in total. The number of nitrogens with one attached hydrogen (secondary N) is 1. The van der Waals surface area contributed by atoms with E-state index in [0.29, 0.717) is 6.04 Å². The third-order valence-electron chi connectivity index (χ3n) is 4.00. The smallest absolute Gasteiger partial charge is 0.194 e. The second-order valence-electron chi connectivity index (χ2n) is 5.80. The maximum atomic E-state index is 5.47. The summed E-state index contributed by atoms with van der Waals surface area (Å²) < 4.78 is 10.7. The Hall–Kier alpha value is -1.91. The van der Waals surface area contributed by atoms with E-state index in [9.17, 15) is 0 Å². The van der Waals surface area contributed by atoms with Crippen molar-refractivity contribution in [2.24, 2.45) is 10.9 Å². The molecule has 5 heteroatoms. The number of hydrogen-bond donors (Lipinski definition) is 1. The lowest BCUT2D eigenvalue weighted by Crippen LogP contribution is -2.40. The van der Waals surface area contributed by atoms with E-state index in [0.717, 1.165) is 42.0 Å². The molecular formula is C17H27N3O2. The summed E-state index contributed by atoms with van der Waals surface area (Å²) in [6.45, 7) is 5.82. The molecule has 0 bridgehead atoms. The van der Waals surface area contributed by atoms with E-state index in [1.165, 1.54) is 6.42 Å². The molecule has 5 nitrogen and oxygen atoms in total. The number of nitrogens with zero attached hydrogens (tertiary/aromatic N) is 2. The molecule has 1 saturated carbocycles. The molecule has 1 aromatic rings. The minimum absolute atomic E-state index is 0.561. The summed E-state index contributed by atoms with van der Waals surface area (Å²) >= 11 is 0. The van der Waals surface area contributed by atoms with Crippen molar-refractivity contribution in [2.75, 3.05) is 27.8 Å². The zero-order valence-electron chi connectivity index (χ0n) is 14.2. The maximum Gasteiger partial charge on any atom is 0.194 e. The fraction of sp³-hybridized carbons (Fsp3) is 0.588. The summed E-state index contributed by atoms with van der Waals surface area (Å²) in [6, 6.07) is 6.47. The first kappa shape index (κ1) is 16.5. The summed E-state index contributed by atoms with van der Waals surface area (Å²) in [7, 11) is 5.40. The fourth-order valence-corrected chi connectivity index (χ4v) is 2.43. The second kappa shape index (κ2) is 7.38. The molecule has 122 valence electrons. The van der Waals surface area contributed by atoms with E-state index in [4.69, 9.17) is 9.47 Å². The van der Waals surface area contributed by atoms with Crippen LogP contribution in [0.4, 0.5) is 0 Å². The first-order valence-electron chi connectivity index (χ1n) is 7.82. The molecule has 2 rings (SSSR count). The highest BCUT2D eigenvalue weighted by Gasteiger charge is 2.33. The molecule has 0 amide bonds. The van der Waals surface area contributed by atoms with E-state index in [1.54, 1.807) is 14.2 Å². The Labute approximate surface area is 133 Å². The van der Waals surface area contributed by atoms with Crippen LogP contribution in [0.2, 0.25) is 0 Å². The molecule has 2 unspecified atom stereocenters.